The molecular formula is C11H28N2O5P+. The Bertz CT molecular complexity index is 229. The van der Waals surface area contributed by atoms with Crippen LogP contribution in [0.3, 0.4) is 0 Å². The van der Waals surface area contributed by atoms with Gasteiger partial charge in [-0.15, -0.1) is 4.52 Å². The first-order valence-corrected chi connectivity index (χ1v) is 7.61. The van der Waals surface area contributed by atoms with Gasteiger partial charge in [0, 0.05) is 13.1 Å². The molecule has 7 nitrogen and oxygen atoms in total. The van der Waals surface area contributed by atoms with Crippen molar-refractivity contribution in [3.63, 3.8) is 0 Å². The van der Waals surface area contributed by atoms with Crippen molar-refractivity contribution in [3.05, 3.63) is 0 Å². The van der Waals surface area contributed by atoms with Crippen LogP contribution in [0, 0.1) is 0 Å². The summed E-state index contributed by atoms with van der Waals surface area (Å²) in [6.07, 6.45) is -1.14. The van der Waals surface area contributed by atoms with E-state index in [9.17, 15) is 9.67 Å². The molecule has 3 N–H and O–H groups in total. The summed E-state index contributed by atoms with van der Waals surface area (Å²) in [4.78, 5) is 3.66. The van der Waals surface area contributed by atoms with Gasteiger partial charge in [0.15, 0.2) is 6.66 Å². The van der Waals surface area contributed by atoms with Crippen LogP contribution in [0.5, 0.6) is 0 Å². The topological polar surface area (TPSA) is 93.5 Å². The minimum Gasteiger partial charge on any atom is -0.394 e. The number of rotatable bonds is 8. The molecule has 8 heteroatoms. The molecule has 0 saturated heterocycles. The maximum Gasteiger partial charge on any atom is 0.504 e. The second kappa shape index (κ2) is 12.9. The molecule has 0 fully saturated rings. The Labute approximate surface area is 116 Å². The molecule has 0 radical (unpaired) electrons. The smallest absolute Gasteiger partial charge is 0.394 e. The van der Waals surface area contributed by atoms with Crippen molar-refractivity contribution in [3.8, 4) is 0 Å². The Balaban J connectivity index is 0. The molecule has 0 aromatic heterocycles. The summed E-state index contributed by atoms with van der Waals surface area (Å²) >= 11 is 0. The Hall–Kier alpha value is -0.140. The maximum atomic E-state index is 10.4. The van der Waals surface area contributed by atoms with Gasteiger partial charge in [-0.2, -0.15) is 0 Å². The van der Waals surface area contributed by atoms with Crippen LogP contribution in [-0.2, 0) is 9.09 Å². The summed E-state index contributed by atoms with van der Waals surface area (Å²) in [7, 11) is 5.82. The van der Waals surface area contributed by atoms with Crippen LogP contribution >= 0.6 is 8.03 Å². The van der Waals surface area contributed by atoms with E-state index in [2.05, 4.69) is 0 Å². The molecule has 0 heterocycles. The van der Waals surface area contributed by atoms with E-state index in [0.717, 1.165) is 0 Å². The van der Waals surface area contributed by atoms with Gasteiger partial charge in [-0.05, 0) is 32.8 Å². The summed E-state index contributed by atoms with van der Waals surface area (Å²) in [5.41, 5.74) is 0. The van der Waals surface area contributed by atoms with Crippen molar-refractivity contribution in [2.45, 2.75) is 12.2 Å². The quantitative estimate of drug-likeness (QED) is 0.505. The first kappa shape index (κ1) is 21.2. The third kappa shape index (κ3) is 20.3. The summed E-state index contributed by atoms with van der Waals surface area (Å²) in [5, 5.41) is 26.2. The molecular weight excluding hydrogens is 271 g/mol. The fourth-order valence-corrected chi connectivity index (χ4v) is 1.53. The molecule has 19 heavy (non-hydrogen) atoms. The van der Waals surface area contributed by atoms with Gasteiger partial charge in [0.25, 0.3) is 0 Å². The van der Waals surface area contributed by atoms with Crippen LogP contribution in [-0.4, -0.2) is 98.5 Å². The highest BCUT2D eigenvalue weighted by Crippen LogP contribution is 2.14. The standard InChI is InChI=1S/C6H15NO3P.C5H13NO2/c1-7(2)4-6(8)5-10-11(3)9;1-6(2)3-5(8)4-7/h6,8H,4-5H2,1-3H3;5,7-8H,3-4H2,1-2H3/q+1;. The fraction of sp³-hybridized carbons (Fsp3) is 1.00. The van der Waals surface area contributed by atoms with Crippen LogP contribution in [0.25, 0.3) is 0 Å². The van der Waals surface area contributed by atoms with E-state index >= 15 is 0 Å². The van der Waals surface area contributed by atoms with E-state index in [1.165, 1.54) is 6.66 Å². The van der Waals surface area contributed by atoms with E-state index in [1.807, 2.05) is 38.0 Å². The van der Waals surface area contributed by atoms with E-state index in [-0.39, 0.29) is 13.2 Å². The number of likely N-dealkylation sites (N-methyl/N-ethyl adjacent to an activating group) is 2. The van der Waals surface area contributed by atoms with Crippen molar-refractivity contribution in [2.75, 3.05) is 61.2 Å². The summed E-state index contributed by atoms with van der Waals surface area (Å²) in [5.74, 6) is 0. The Morgan fingerprint density at radius 1 is 1.05 bits per heavy atom. The molecule has 0 amide bonds. The van der Waals surface area contributed by atoms with Gasteiger partial charge in [-0.1, -0.05) is 0 Å². The molecule has 3 unspecified atom stereocenters. The van der Waals surface area contributed by atoms with Gasteiger partial charge in [0.05, 0.1) is 18.8 Å². The average molecular weight is 299 g/mol. The highest BCUT2D eigenvalue weighted by molar-refractivity contribution is 7.38. The molecule has 3 atom stereocenters. The van der Waals surface area contributed by atoms with Crippen molar-refractivity contribution in [1.82, 2.24) is 9.80 Å². The first-order valence-electron chi connectivity index (χ1n) is 5.99. The van der Waals surface area contributed by atoms with Gasteiger partial charge < -0.3 is 25.1 Å². The van der Waals surface area contributed by atoms with Crippen molar-refractivity contribution >= 4 is 8.03 Å². The van der Waals surface area contributed by atoms with E-state index in [1.54, 1.807) is 0 Å². The lowest BCUT2D eigenvalue weighted by molar-refractivity contribution is 0.0728. The monoisotopic (exact) mass is 299 g/mol. The first-order chi connectivity index (χ1) is 8.68. The number of nitrogens with zero attached hydrogens (tertiary/aromatic N) is 2. The third-order valence-electron chi connectivity index (χ3n) is 1.81. The van der Waals surface area contributed by atoms with Gasteiger partial charge in [0.1, 0.15) is 6.61 Å². The van der Waals surface area contributed by atoms with Gasteiger partial charge in [0.2, 0.25) is 0 Å². The molecule has 0 aliphatic rings. The second-order valence-corrected chi connectivity index (χ2v) is 5.89. The molecule has 116 valence electrons. The molecule has 0 aromatic rings. The average Bonchev–Trinajstić information content (AvgIpc) is 2.25. The molecule has 0 aliphatic heterocycles. The van der Waals surface area contributed by atoms with E-state index < -0.39 is 20.2 Å². The number of aliphatic hydroxyl groups is 3. The minimum absolute atomic E-state index is 0.143. The Morgan fingerprint density at radius 2 is 1.47 bits per heavy atom. The normalized spacial score (nSPS) is 14.9. The van der Waals surface area contributed by atoms with Crippen LogP contribution in [0.2, 0.25) is 0 Å². The maximum absolute atomic E-state index is 10.4. The summed E-state index contributed by atoms with van der Waals surface area (Å²) < 4.78 is 15.2. The lowest BCUT2D eigenvalue weighted by atomic mass is 10.4. The lowest BCUT2D eigenvalue weighted by Crippen LogP contribution is -2.28. The summed E-state index contributed by atoms with van der Waals surface area (Å²) in [6.45, 7) is 2.51. The van der Waals surface area contributed by atoms with E-state index in [4.69, 9.17) is 14.7 Å². The van der Waals surface area contributed by atoms with Crippen LogP contribution in [0.1, 0.15) is 0 Å². The highest BCUT2D eigenvalue weighted by Gasteiger charge is 2.12. The van der Waals surface area contributed by atoms with Gasteiger partial charge in [-0.25, -0.2) is 0 Å². The van der Waals surface area contributed by atoms with Gasteiger partial charge in [-0.3, -0.25) is 0 Å². The largest absolute Gasteiger partial charge is 0.504 e. The zero-order chi connectivity index (χ0) is 15.4. The molecule has 0 aliphatic carbocycles. The molecule has 0 aromatic carbocycles. The Morgan fingerprint density at radius 3 is 1.74 bits per heavy atom. The second-order valence-electron chi connectivity index (χ2n) is 4.75. The number of aliphatic hydroxyl groups excluding tert-OH is 3. The van der Waals surface area contributed by atoms with Crippen LogP contribution in [0.4, 0.5) is 0 Å². The summed E-state index contributed by atoms with van der Waals surface area (Å²) in [6, 6.07) is 0. The minimum atomic E-state index is -1.59. The number of hydrogen-bond donors (Lipinski definition) is 3. The number of hydrogen-bond acceptors (Lipinski definition) is 7. The van der Waals surface area contributed by atoms with E-state index in [0.29, 0.717) is 13.1 Å². The van der Waals surface area contributed by atoms with Crippen molar-refractivity contribution < 1.29 is 24.4 Å². The van der Waals surface area contributed by atoms with Gasteiger partial charge >= 0.3 is 8.03 Å². The Kier molecular flexibility index (Phi) is 14.3. The molecule has 0 bridgehead atoms. The van der Waals surface area contributed by atoms with Crippen molar-refractivity contribution in [1.29, 1.82) is 0 Å². The molecule has 0 rings (SSSR count). The SMILES string of the molecule is CN(C)CC(O)CO.CN(C)CC(O)CO[P+](C)=O. The predicted molar refractivity (Wildman–Crippen MR) is 75.7 cm³/mol. The van der Waals surface area contributed by atoms with Crippen LogP contribution in [0.15, 0.2) is 0 Å². The zero-order valence-corrected chi connectivity index (χ0v) is 13.4. The molecule has 0 saturated carbocycles. The predicted octanol–water partition coefficient (Wildman–Crippen LogP) is -0.801. The van der Waals surface area contributed by atoms with Crippen molar-refractivity contribution in [2.24, 2.45) is 0 Å². The molecule has 0 spiro atoms. The van der Waals surface area contributed by atoms with Crippen LogP contribution < -0.4 is 0 Å². The fourth-order valence-electron chi connectivity index (χ4n) is 1.14. The highest BCUT2D eigenvalue weighted by atomic mass is 31.1. The lowest BCUT2D eigenvalue weighted by Gasteiger charge is -2.12. The zero-order valence-electron chi connectivity index (χ0n) is 12.5. The third-order valence-corrected chi connectivity index (χ3v) is 2.32.